The van der Waals surface area contributed by atoms with Crippen LogP contribution in [-0.4, -0.2) is 47.2 Å². The lowest BCUT2D eigenvalue weighted by Gasteiger charge is -2.26. The highest BCUT2D eigenvalue weighted by molar-refractivity contribution is 9.10. The van der Waals surface area contributed by atoms with Crippen molar-refractivity contribution in [3.8, 4) is 0 Å². The molecule has 76 valence electrons. The minimum absolute atomic E-state index is 0.0101. The normalized spacial score (nSPS) is 17.1. The number of halogens is 1. The van der Waals surface area contributed by atoms with Crippen LogP contribution in [0.5, 0.6) is 0 Å². The van der Waals surface area contributed by atoms with E-state index in [2.05, 4.69) is 31.4 Å². The van der Waals surface area contributed by atoms with Gasteiger partial charge in [-0.15, -0.1) is 0 Å². The van der Waals surface area contributed by atoms with Crippen molar-refractivity contribution in [1.82, 2.24) is 20.4 Å². The fraction of sp³-hybridized carbons (Fsp3) is 0.500. The third-order valence-electron chi connectivity index (χ3n) is 2.21. The molecule has 0 unspecified atom stereocenters. The largest absolute Gasteiger partial charge is 0.335 e. The van der Waals surface area contributed by atoms with Crippen molar-refractivity contribution in [2.24, 2.45) is 0 Å². The van der Waals surface area contributed by atoms with Gasteiger partial charge in [0.25, 0.3) is 5.91 Å². The molecule has 5 nitrogen and oxygen atoms in total. The Kier molecular flexibility index (Phi) is 2.83. The van der Waals surface area contributed by atoms with Crippen molar-refractivity contribution in [2.75, 3.05) is 26.2 Å². The summed E-state index contributed by atoms with van der Waals surface area (Å²) >= 11 is 3.28. The van der Waals surface area contributed by atoms with Gasteiger partial charge in [-0.25, -0.2) is 0 Å². The minimum Gasteiger partial charge on any atom is -0.335 e. The van der Waals surface area contributed by atoms with Gasteiger partial charge in [-0.2, -0.15) is 5.10 Å². The lowest BCUT2D eigenvalue weighted by Crippen LogP contribution is -2.46. The minimum atomic E-state index is 0.0101. The van der Waals surface area contributed by atoms with E-state index in [9.17, 15) is 4.79 Å². The number of aromatic nitrogens is 2. The van der Waals surface area contributed by atoms with Crippen LogP contribution in [0.1, 0.15) is 10.5 Å². The molecule has 1 saturated heterocycles. The molecule has 0 bridgehead atoms. The second kappa shape index (κ2) is 4.10. The molecule has 2 heterocycles. The summed E-state index contributed by atoms with van der Waals surface area (Å²) in [6, 6.07) is 0. The van der Waals surface area contributed by atoms with Gasteiger partial charge in [-0.05, 0) is 15.9 Å². The number of amides is 1. The molecule has 1 aromatic heterocycles. The first-order valence-electron chi connectivity index (χ1n) is 4.48. The Balaban J connectivity index is 2.11. The predicted octanol–water partition coefficient (Wildman–Crippen LogP) is 0.218. The molecular weight excluding hydrogens is 248 g/mol. The summed E-state index contributed by atoms with van der Waals surface area (Å²) in [6.45, 7) is 3.23. The third kappa shape index (κ3) is 1.80. The molecule has 0 atom stereocenters. The molecule has 1 aliphatic heterocycles. The van der Waals surface area contributed by atoms with E-state index in [0.29, 0.717) is 5.69 Å². The first-order chi connectivity index (χ1) is 6.79. The lowest BCUT2D eigenvalue weighted by atomic mass is 10.3. The van der Waals surface area contributed by atoms with E-state index in [1.165, 1.54) is 0 Å². The van der Waals surface area contributed by atoms with Gasteiger partial charge in [0.1, 0.15) is 5.69 Å². The van der Waals surface area contributed by atoms with Gasteiger partial charge in [0.2, 0.25) is 0 Å². The Labute approximate surface area is 90.0 Å². The van der Waals surface area contributed by atoms with Crippen LogP contribution in [0.15, 0.2) is 10.7 Å². The zero-order valence-corrected chi connectivity index (χ0v) is 9.17. The first-order valence-corrected chi connectivity index (χ1v) is 5.27. The smallest absolute Gasteiger partial charge is 0.273 e. The number of piperazine rings is 1. The Morgan fingerprint density at radius 1 is 1.50 bits per heavy atom. The number of nitrogens with one attached hydrogen (secondary N) is 2. The Morgan fingerprint density at radius 3 is 2.79 bits per heavy atom. The number of carbonyl (C=O) groups is 1. The van der Waals surface area contributed by atoms with Crippen molar-refractivity contribution in [3.63, 3.8) is 0 Å². The fourth-order valence-electron chi connectivity index (χ4n) is 1.45. The molecular formula is C8H11BrN4O. The van der Waals surface area contributed by atoms with Crippen molar-refractivity contribution >= 4 is 21.8 Å². The summed E-state index contributed by atoms with van der Waals surface area (Å²) in [5.41, 5.74) is 0.534. The monoisotopic (exact) mass is 258 g/mol. The summed E-state index contributed by atoms with van der Waals surface area (Å²) in [5, 5.41) is 9.69. The highest BCUT2D eigenvalue weighted by Gasteiger charge is 2.20. The molecule has 0 saturated carbocycles. The van der Waals surface area contributed by atoms with Gasteiger partial charge in [-0.3, -0.25) is 9.89 Å². The van der Waals surface area contributed by atoms with E-state index in [-0.39, 0.29) is 5.91 Å². The Bertz CT molecular complexity index is 332. The molecule has 14 heavy (non-hydrogen) atoms. The van der Waals surface area contributed by atoms with Crippen molar-refractivity contribution in [3.05, 3.63) is 16.4 Å². The van der Waals surface area contributed by atoms with Crippen LogP contribution in [0, 0.1) is 0 Å². The fourth-order valence-corrected chi connectivity index (χ4v) is 1.81. The van der Waals surface area contributed by atoms with Gasteiger partial charge in [0.05, 0.1) is 10.7 Å². The van der Waals surface area contributed by atoms with Crippen LogP contribution in [0.4, 0.5) is 0 Å². The summed E-state index contributed by atoms with van der Waals surface area (Å²) < 4.78 is 0.723. The maximum atomic E-state index is 11.9. The van der Waals surface area contributed by atoms with Crippen molar-refractivity contribution < 1.29 is 4.79 Å². The second-order valence-electron chi connectivity index (χ2n) is 3.14. The maximum Gasteiger partial charge on any atom is 0.273 e. The second-order valence-corrected chi connectivity index (χ2v) is 3.99. The highest BCUT2D eigenvalue weighted by Crippen LogP contribution is 2.14. The summed E-state index contributed by atoms with van der Waals surface area (Å²) in [6.07, 6.45) is 1.59. The van der Waals surface area contributed by atoms with Gasteiger partial charge >= 0.3 is 0 Å². The molecule has 1 aliphatic rings. The van der Waals surface area contributed by atoms with Crippen LogP contribution < -0.4 is 5.32 Å². The van der Waals surface area contributed by atoms with Gasteiger partial charge in [0, 0.05) is 26.2 Å². The summed E-state index contributed by atoms with van der Waals surface area (Å²) in [4.78, 5) is 13.7. The zero-order chi connectivity index (χ0) is 9.97. The van der Waals surface area contributed by atoms with Crippen LogP contribution in [-0.2, 0) is 0 Å². The van der Waals surface area contributed by atoms with Crippen molar-refractivity contribution in [2.45, 2.75) is 0 Å². The van der Waals surface area contributed by atoms with Gasteiger partial charge in [-0.1, -0.05) is 0 Å². The van der Waals surface area contributed by atoms with E-state index < -0.39 is 0 Å². The Hall–Kier alpha value is -0.880. The summed E-state index contributed by atoms with van der Waals surface area (Å²) in [5.74, 6) is 0.0101. The SMILES string of the molecule is O=C(c1[nH]ncc1Br)N1CCNCC1. The number of rotatable bonds is 1. The van der Waals surface area contributed by atoms with Crippen LogP contribution in [0.3, 0.4) is 0 Å². The van der Waals surface area contributed by atoms with Gasteiger partial charge < -0.3 is 10.2 Å². The van der Waals surface area contributed by atoms with E-state index >= 15 is 0 Å². The molecule has 0 aromatic carbocycles. The number of hydrogen-bond acceptors (Lipinski definition) is 3. The third-order valence-corrected chi connectivity index (χ3v) is 2.81. The number of hydrogen-bond donors (Lipinski definition) is 2. The molecule has 1 amide bonds. The van der Waals surface area contributed by atoms with Crippen molar-refractivity contribution in [1.29, 1.82) is 0 Å². The van der Waals surface area contributed by atoms with E-state index in [1.807, 2.05) is 4.90 Å². The number of H-pyrrole nitrogens is 1. The number of carbonyl (C=O) groups excluding carboxylic acids is 1. The molecule has 0 aliphatic carbocycles. The molecule has 1 aromatic rings. The van der Waals surface area contributed by atoms with E-state index in [0.717, 1.165) is 30.7 Å². The Morgan fingerprint density at radius 2 is 2.21 bits per heavy atom. The van der Waals surface area contributed by atoms with E-state index in [1.54, 1.807) is 6.20 Å². The average molecular weight is 259 g/mol. The molecule has 1 fully saturated rings. The zero-order valence-electron chi connectivity index (χ0n) is 7.59. The standard InChI is InChI=1S/C8H11BrN4O/c9-6-5-11-12-7(6)8(14)13-3-1-10-2-4-13/h5,10H,1-4H2,(H,11,12). The van der Waals surface area contributed by atoms with Gasteiger partial charge in [0.15, 0.2) is 0 Å². The molecule has 0 spiro atoms. The molecule has 6 heteroatoms. The topological polar surface area (TPSA) is 61.0 Å². The summed E-state index contributed by atoms with van der Waals surface area (Å²) in [7, 11) is 0. The van der Waals surface area contributed by atoms with Crippen LogP contribution >= 0.6 is 15.9 Å². The number of aromatic amines is 1. The van der Waals surface area contributed by atoms with E-state index in [4.69, 9.17) is 0 Å². The lowest BCUT2D eigenvalue weighted by molar-refractivity contribution is 0.0729. The average Bonchev–Trinajstić information content (AvgIpc) is 2.65. The predicted molar refractivity (Wildman–Crippen MR) is 55.1 cm³/mol. The maximum absolute atomic E-state index is 11.9. The highest BCUT2D eigenvalue weighted by atomic mass is 79.9. The number of nitrogens with zero attached hydrogens (tertiary/aromatic N) is 2. The van der Waals surface area contributed by atoms with Crippen LogP contribution in [0.2, 0.25) is 0 Å². The van der Waals surface area contributed by atoms with Crippen LogP contribution in [0.25, 0.3) is 0 Å². The quantitative estimate of drug-likeness (QED) is 0.758. The molecule has 0 radical (unpaired) electrons. The molecule has 2 N–H and O–H groups in total. The molecule has 2 rings (SSSR count). The first kappa shape index (κ1) is 9.67.